The van der Waals surface area contributed by atoms with Gasteiger partial charge in [0.25, 0.3) is 0 Å². The summed E-state index contributed by atoms with van der Waals surface area (Å²) in [5.41, 5.74) is 0. The van der Waals surface area contributed by atoms with Crippen LogP contribution in [0.25, 0.3) is 0 Å². The molecule has 6 heteroatoms. The minimum Gasteiger partial charge on any atom is -0.297 e. The van der Waals surface area contributed by atoms with E-state index in [9.17, 15) is 9.59 Å². The summed E-state index contributed by atoms with van der Waals surface area (Å²) < 4.78 is 0. The van der Waals surface area contributed by atoms with Crippen molar-refractivity contribution in [1.29, 1.82) is 0 Å². The first kappa shape index (κ1) is 14.7. The Kier molecular flexibility index (Phi) is 4.35. The van der Waals surface area contributed by atoms with E-state index in [-0.39, 0.29) is 30.3 Å². The second kappa shape index (κ2) is 6.23. The predicted molar refractivity (Wildman–Crippen MR) is 80.8 cm³/mol. The molecule has 1 aliphatic carbocycles. The molecule has 5 nitrogen and oxygen atoms in total. The van der Waals surface area contributed by atoms with E-state index in [1.54, 1.807) is 17.5 Å². The fourth-order valence-electron chi connectivity index (χ4n) is 3.33. The van der Waals surface area contributed by atoms with Gasteiger partial charge in [0.1, 0.15) is 5.01 Å². The van der Waals surface area contributed by atoms with Crippen molar-refractivity contribution in [3.05, 3.63) is 16.6 Å². The van der Waals surface area contributed by atoms with E-state index >= 15 is 0 Å². The highest BCUT2D eigenvalue weighted by Crippen LogP contribution is 2.28. The lowest BCUT2D eigenvalue weighted by Gasteiger charge is -2.29. The van der Waals surface area contributed by atoms with Crippen molar-refractivity contribution in [2.45, 2.75) is 63.6 Å². The molecule has 1 aliphatic heterocycles. The van der Waals surface area contributed by atoms with Gasteiger partial charge in [0.05, 0.1) is 18.5 Å². The maximum absolute atomic E-state index is 12.5. The summed E-state index contributed by atoms with van der Waals surface area (Å²) in [6.07, 6.45) is 7.43. The first-order valence-electron chi connectivity index (χ1n) is 7.68. The van der Waals surface area contributed by atoms with Gasteiger partial charge in [0, 0.05) is 17.6 Å². The van der Waals surface area contributed by atoms with E-state index < -0.39 is 6.04 Å². The van der Waals surface area contributed by atoms with Gasteiger partial charge in [-0.15, -0.1) is 11.3 Å². The molecule has 1 saturated heterocycles. The van der Waals surface area contributed by atoms with Crippen LogP contribution < -0.4 is 5.32 Å². The average Bonchev–Trinajstić information content (AvgIpc) is 3.09. The third-order valence-corrected chi connectivity index (χ3v) is 5.35. The van der Waals surface area contributed by atoms with Crippen LogP contribution in [0.2, 0.25) is 0 Å². The van der Waals surface area contributed by atoms with Gasteiger partial charge >= 0.3 is 0 Å². The van der Waals surface area contributed by atoms with Crippen LogP contribution in [0.1, 0.15) is 56.5 Å². The van der Waals surface area contributed by atoms with Crippen LogP contribution in [0.3, 0.4) is 0 Å². The van der Waals surface area contributed by atoms with E-state index in [2.05, 4.69) is 10.3 Å². The van der Waals surface area contributed by atoms with E-state index in [0.29, 0.717) is 0 Å². The lowest BCUT2D eigenvalue weighted by Crippen LogP contribution is -2.45. The third kappa shape index (κ3) is 3.01. The Hall–Kier alpha value is -1.27. The molecule has 1 aromatic heterocycles. The van der Waals surface area contributed by atoms with Crippen molar-refractivity contribution in [2.24, 2.45) is 0 Å². The second-order valence-electron chi connectivity index (χ2n) is 5.91. The Morgan fingerprint density at radius 1 is 1.33 bits per heavy atom. The smallest absolute Gasteiger partial charge is 0.247 e. The van der Waals surface area contributed by atoms with Gasteiger partial charge < -0.3 is 0 Å². The molecule has 2 amide bonds. The lowest BCUT2D eigenvalue weighted by molar-refractivity contribution is -0.142. The average molecular weight is 307 g/mol. The zero-order chi connectivity index (χ0) is 14.8. The lowest BCUT2D eigenvalue weighted by atomic mass is 9.94. The minimum atomic E-state index is -0.390. The van der Waals surface area contributed by atoms with Crippen LogP contribution in [0.5, 0.6) is 0 Å². The SMILES string of the molecule is CC(NC1CC(=O)N(C2CCCCC2)C1=O)c1nccs1. The van der Waals surface area contributed by atoms with Gasteiger partial charge in [-0.05, 0) is 19.8 Å². The van der Waals surface area contributed by atoms with Crippen molar-refractivity contribution in [3.63, 3.8) is 0 Å². The number of nitrogens with zero attached hydrogens (tertiary/aromatic N) is 2. The number of rotatable bonds is 4. The summed E-state index contributed by atoms with van der Waals surface area (Å²) in [6.45, 7) is 1.99. The number of carbonyl (C=O) groups is 2. The van der Waals surface area contributed by atoms with Crippen LogP contribution in [0, 0.1) is 0 Å². The predicted octanol–water partition coefficient (Wildman–Crippen LogP) is 2.25. The van der Waals surface area contributed by atoms with Crippen LogP contribution >= 0.6 is 11.3 Å². The largest absolute Gasteiger partial charge is 0.297 e. The summed E-state index contributed by atoms with van der Waals surface area (Å²) >= 11 is 1.56. The highest BCUT2D eigenvalue weighted by molar-refractivity contribution is 7.09. The van der Waals surface area contributed by atoms with Crippen LogP contribution in [0.15, 0.2) is 11.6 Å². The highest BCUT2D eigenvalue weighted by Gasteiger charge is 2.42. The van der Waals surface area contributed by atoms with Crippen LogP contribution in [-0.4, -0.2) is 33.8 Å². The molecule has 2 unspecified atom stereocenters. The molecule has 0 aromatic carbocycles. The quantitative estimate of drug-likeness (QED) is 0.867. The summed E-state index contributed by atoms with van der Waals surface area (Å²) in [5, 5.41) is 6.14. The topological polar surface area (TPSA) is 62.3 Å². The molecule has 2 aliphatic rings. The zero-order valence-electron chi connectivity index (χ0n) is 12.2. The Balaban J connectivity index is 1.65. The Morgan fingerprint density at radius 3 is 2.76 bits per heavy atom. The van der Waals surface area contributed by atoms with Crippen molar-refractivity contribution in [2.75, 3.05) is 0 Å². The summed E-state index contributed by atoms with van der Waals surface area (Å²) in [6, 6.07) is -0.267. The van der Waals surface area contributed by atoms with E-state index in [1.165, 1.54) is 11.3 Å². The third-order valence-electron chi connectivity index (χ3n) is 4.40. The number of aromatic nitrogens is 1. The fraction of sp³-hybridized carbons (Fsp3) is 0.667. The molecule has 21 heavy (non-hydrogen) atoms. The molecule has 114 valence electrons. The number of carbonyl (C=O) groups excluding carboxylic acids is 2. The van der Waals surface area contributed by atoms with Crippen molar-refractivity contribution >= 4 is 23.2 Å². The van der Waals surface area contributed by atoms with Gasteiger partial charge in [-0.2, -0.15) is 0 Å². The summed E-state index contributed by atoms with van der Waals surface area (Å²) in [4.78, 5) is 30.6. The number of thiazole rings is 1. The van der Waals surface area contributed by atoms with Gasteiger partial charge in [-0.3, -0.25) is 19.8 Å². The molecule has 0 bridgehead atoms. The normalized spacial score (nSPS) is 25.6. The summed E-state index contributed by atoms with van der Waals surface area (Å²) in [7, 11) is 0. The molecule has 1 aromatic rings. The monoisotopic (exact) mass is 307 g/mol. The van der Waals surface area contributed by atoms with Crippen LogP contribution in [0.4, 0.5) is 0 Å². The number of likely N-dealkylation sites (tertiary alicyclic amines) is 1. The fourth-order valence-corrected chi connectivity index (χ4v) is 3.98. The molecule has 0 radical (unpaired) electrons. The Morgan fingerprint density at radius 2 is 2.10 bits per heavy atom. The number of hydrogen-bond donors (Lipinski definition) is 1. The molecular formula is C15H21N3O2S. The maximum Gasteiger partial charge on any atom is 0.247 e. The molecule has 3 rings (SSSR count). The van der Waals surface area contributed by atoms with Gasteiger partial charge in [-0.25, -0.2) is 4.98 Å². The Bertz CT molecular complexity index is 511. The van der Waals surface area contributed by atoms with Crippen molar-refractivity contribution in [1.82, 2.24) is 15.2 Å². The molecule has 0 spiro atoms. The molecule has 2 atom stereocenters. The van der Waals surface area contributed by atoms with Gasteiger partial charge in [0.15, 0.2) is 0 Å². The molecular weight excluding hydrogens is 286 g/mol. The minimum absolute atomic E-state index is 0.00180. The maximum atomic E-state index is 12.5. The second-order valence-corrected chi connectivity index (χ2v) is 6.84. The standard InChI is InChI=1S/C15H21N3O2S/c1-10(14-16-7-8-21-14)17-12-9-13(19)18(15(12)20)11-5-3-2-4-6-11/h7-8,10-12,17H,2-6,9H2,1H3. The van der Waals surface area contributed by atoms with Gasteiger partial charge in [-0.1, -0.05) is 19.3 Å². The van der Waals surface area contributed by atoms with Crippen molar-refractivity contribution < 1.29 is 9.59 Å². The van der Waals surface area contributed by atoms with Gasteiger partial charge in [0.2, 0.25) is 11.8 Å². The zero-order valence-corrected chi connectivity index (χ0v) is 13.1. The first-order chi connectivity index (χ1) is 10.2. The number of amides is 2. The molecule has 2 fully saturated rings. The molecule has 2 heterocycles. The van der Waals surface area contributed by atoms with Crippen molar-refractivity contribution in [3.8, 4) is 0 Å². The highest BCUT2D eigenvalue weighted by atomic mass is 32.1. The first-order valence-corrected chi connectivity index (χ1v) is 8.56. The molecule has 1 N–H and O–H groups in total. The van der Waals surface area contributed by atoms with E-state index in [1.807, 2.05) is 12.3 Å². The summed E-state index contributed by atoms with van der Waals surface area (Å²) in [5.74, 6) is -0.0638. The Labute approximate surface area is 128 Å². The van der Waals surface area contributed by atoms with Crippen LogP contribution in [-0.2, 0) is 9.59 Å². The molecule has 1 saturated carbocycles. The van der Waals surface area contributed by atoms with E-state index in [4.69, 9.17) is 0 Å². The number of imide groups is 1. The van der Waals surface area contributed by atoms with E-state index in [0.717, 1.165) is 30.7 Å². The number of hydrogen-bond acceptors (Lipinski definition) is 5. The number of nitrogens with one attached hydrogen (secondary N) is 1.